The number of carbonyl (C=O) groups is 1. The van der Waals surface area contributed by atoms with Crippen molar-refractivity contribution < 1.29 is 13.6 Å². The highest BCUT2D eigenvalue weighted by molar-refractivity contribution is 6.00. The second-order valence-electron chi connectivity index (χ2n) is 6.82. The molecule has 1 N–H and O–H groups in total. The van der Waals surface area contributed by atoms with Crippen molar-refractivity contribution in [2.75, 3.05) is 0 Å². The number of hydrogen-bond donors (Lipinski definition) is 1. The zero-order valence-corrected chi connectivity index (χ0v) is 15.1. The van der Waals surface area contributed by atoms with Gasteiger partial charge >= 0.3 is 0 Å². The number of fused-ring (bicyclic) bond motifs is 1. The monoisotopic (exact) mass is 387 g/mol. The molecule has 0 saturated carbocycles. The van der Waals surface area contributed by atoms with Gasteiger partial charge in [-0.15, -0.1) is 0 Å². The maximum atomic E-state index is 13.4. The van der Waals surface area contributed by atoms with Crippen molar-refractivity contribution >= 4 is 5.91 Å². The number of amides is 1. The molecule has 142 valence electrons. The van der Waals surface area contributed by atoms with E-state index in [1.165, 1.54) is 24.3 Å². The van der Waals surface area contributed by atoms with E-state index in [1.54, 1.807) is 28.9 Å². The maximum absolute atomic E-state index is 13.4. The van der Waals surface area contributed by atoms with E-state index in [0.717, 1.165) is 22.4 Å². The number of aromatic nitrogens is 2. The molecule has 0 bridgehead atoms. The molecule has 1 aromatic heterocycles. The van der Waals surface area contributed by atoms with Crippen LogP contribution in [0, 0.1) is 11.6 Å². The molecule has 5 rings (SSSR count). The first-order valence-corrected chi connectivity index (χ1v) is 9.12. The third-order valence-electron chi connectivity index (χ3n) is 5.02. The van der Waals surface area contributed by atoms with Crippen LogP contribution in [-0.2, 0) is 0 Å². The highest BCUT2D eigenvalue weighted by Gasteiger charge is 2.37. The standard InChI is InChI=1S/C23H15F2N3O/c24-16-8-6-14(7-9-16)20-19-21(23(29)26-20)27-28(18-12-10-17(25)11-13-18)22(19)15-4-2-1-3-5-15/h1-13,20H,(H,26,29). The first-order valence-electron chi connectivity index (χ1n) is 9.12. The number of rotatable bonds is 3. The molecule has 4 nitrogen and oxygen atoms in total. The van der Waals surface area contributed by atoms with Gasteiger partial charge in [0.15, 0.2) is 5.69 Å². The fourth-order valence-electron chi connectivity index (χ4n) is 3.69. The Balaban J connectivity index is 1.76. The maximum Gasteiger partial charge on any atom is 0.272 e. The molecule has 2 heterocycles. The van der Waals surface area contributed by atoms with Crippen molar-refractivity contribution in [3.63, 3.8) is 0 Å². The van der Waals surface area contributed by atoms with Crippen LogP contribution in [0.3, 0.4) is 0 Å². The molecule has 1 aliphatic rings. The summed E-state index contributed by atoms with van der Waals surface area (Å²) < 4.78 is 28.5. The normalized spacial score (nSPS) is 15.2. The number of nitrogens with zero attached hydrogens (tertiary/aromatic N) is 2. The molecule has 29 heavy (non-hydrogen) atoms. The van der Waals surface area contributed by atoms with Crippen LogP contribution in [0.15, 0.2) is 78.9 Å². The molecule has 1 aliphatic heterocycles. The molecule has 6 heteroatoms. The van der Waals surface area contributed by atoms with Crippen LogP contribution in [0.2, 0.25) is 0 Å². The summed E-state index contributed by atoms with van der Waals surface area (Å²) in [6.07, 6.45) is 0. The second-order valence-corrected chi connectivity index (χ2v) is 6.82. The minimum Gasteiger partial charge on any atom is -0.340 e. The van der Waals surface area contributed by atoms with Crippen LogP contribution < -0.4 is 5.32 Å². The van der Waals surface area contributed by atoms with Crippen LogP contribution in [0.1, 0.15) is 27.7 Å². The summed E-state index contributed by atoms with van der Waals surface area (Å²) in [7, 11) is 0. The summed E-state index contributed by atoms with van der Waals surface area (Å²) in [6, 6.07) is 21.1. The van der Waals surface area contributed by atoms with Crippen LogP contribution in [0.25, 0.3) is 16.9 Å². The minimum absolute atomic E-state index is 0.299. The zero-order valence-electron chi connectivity index (χ0n) is 15.1. The number of halogens is 2. The molecule has 0 aliphatic carbocycles. The molecular formula is C23H15F2N3O. The summed E-state index contributed by atoms with van der Waals surface area (Å²) in [6.45, 7) is 0. The Morgan fingerprint density at radius 3 is 2.10 bits per heavy atom. The zero-order chi connectivity index (χ0) is 20.0. The quantitative estimate of drug-likeness (QED) is 0.556. The molecule has 0 radical (unpaired) electrons. The van der Waals surface area contributed by atoms with Gasteiger partial charge in [-0.2, -0.15) is 5.10 Å². The fraction of sp³-hybridized carbons (Fsp3) is 0.0435. The highest BCUT2D eigenvalue weighted by atomic mass is 19.1. The van der Waals surface area contributed by atoms with Crippen molar-refractivity contribution in [1.29, 1.82) is 0 Å². The molecule has 0 saturated heterocycles. The summed E-state index contributed by atoms with van der Waals surface area (Å²) in [5, 5.41) is 7.49. The van der Waals surface area contributed by atoms with Gasteiger partial charge in [0.05, 0.1) is 17.4 Å². The van der Waals surface area contributed by atoms with Crippen molar-refractivity contribution in [2.24, 2.45) is 0 Å². The van der Waals surface area contributed by atoms with Gasteiger partial charge in [-0.3, -0.25) is 4.79 Å². The molecule has 0 spiro atoms. The van der Waals surface area contributed by atoms with Gasteiger partial charge in [-0.05, 0) is 42.0 Å². The number of benzene rings is 3. The average Bonchev–Trinajstić information content (AvgIpc) is 3.28. The lowest BCUT2D eigenvalue weighted by Gasteiger charge is -2.16. The van der Waals surface area contributed by atoms with Gasteiger partial charge in [0.1, 0.15) is 11.6 Å². The average molecular weight is 387 g/mol. The van der Waals surface area contributed by atoms with E-state index in [2.05, 4.69) is 10.4 Å². The number of hydrogen-bond acceptors (Lipinski definition) is 2. The Hall–Kier alpha value is -3.80. The summed E-state index contributed by atoms with van der Waals surface area (Å²) in [4.78, 5) is 12.7. The SMILES string of the molecule is O=C1NC(c2ccc(F)cc2)c2c1nn(-c1ccc(F)cc1)c2-c1ccccc1. The van der Waals surface area contributed by atoms with E-state index in [-0.39, 0.29) is 17.5 Å². The third kappa shape index (κ3) is 2.89. The van der Waals surface area contributed by atoms with Gasteiger partial charge in [0.25, 0.3) is 5.91 Å². The predicted molar refractivity (Wildman–Crippen MR) is 105 cm³/mol. The van der Waals surface area contributed by atoms with Crippen LogP contribution in [0.5, 0.6) is 0 Å². The molecule has 1 atom stereocenters. The second kappa shape index (κ2) is 6.67. The van der Waals surface area contributed by atoms with E-state index in [9.17, 15) is 13.6 Å². The number of nitrogens with one attached hydrogen (secondary N) is 1. The van der Waals surface area contributed by atoms with E-state index in [1.807, 2.05) is 30.3 Å². The highest BCUT2D eigenvalue weighted by Crippen LogP contribution is 2.39. The molecule has 0 fully saturated rings. The van der Waals surface area contributed by atoms with Crippen molar-refractivity contribution in [1.82, 2.24) is 15.1 Å². The molecule has 1 amide bonds. The van der Waals surface area contributed by atoms with E-state index < -0.39 is 6.04 Å². The summed E-state index contributed by atoms with van der Waals surface area (Å²) >= 11 is 0. The predicted octanol–water partition coefficient (Wildman–Crippen LogP) is 4.65. The molecule has 3 aromatic carbocycles. The van der Waals surface area contributed by atoms with Crippen molar-refractivity contribution in [3.05, 3.63) is 107 Å². The Labute approximate surface area is 165 Å². The van der Waals surface area contributed by atoms with Crippen LogP contribution >= 0.6 is 0 Å². The number of carbonyl (C=O) groups excluding carboxylic acids is 1. The van der Waals surface area contributed by atoms with E-state index in [0.29, 0.717) is 11.4 Å². The van der Waals surface area contributed by atoms with Gasteiger partial charge in [0, 0.05) is 11.1 Å². The van der Waals surface area contributed by atoms with Crippen molar-refractivity contribution in [2.45, 2.75) is 6.04 Å². The first-order chi connectivity index (χ1) is 14.1. The lowest BCUT2D eigenvalue weighted by Crippen LogP contribution is -2.22. The largest absolute Gasteiger partial charge is 0.340 e. The summed E-state index contributed by atoms with van der Waals surface area (Å²) in [5.41, 5.74) is 4.04. The van der Waals surface area contributed by atoms with Crippen LogP contribution in [0.4, 0.5) is 8.78 Å². The van der Waals surface area contributed by atoms with Crippen molar-refractivity contribution in [3.8, 4) is 16.9 Å². The Bertz CT molecular complexity index is 1200. The van der Waals surface area contributed by atoms with Gasteiger partial charge in [-0.25, -0.2) is 13.5 Å². The molecular weight excluding hydrogens is 372 g/mol. The smallest absolute Gasteiger partial charge is 0.272 e. The summed E-state index contributed by atoms with van der Waals surface area (Å²) in [5.74, 6) is -0.993. The first kappa shape index (κ1) is 17.3. The van der Waals surface area contributed by atoms with E-state index in [4.69, 9.17) is 0 Å². The topological polar surface area (TPSA) is 46.9 Å². The lowest BCUT2D eigenvalue weighted by atomic mass is 9.96. The Morgan fingerprint density at radius 1 is 0.828 bits per heavy atom. The Morgan fingerprint density at radius 2 is 1.45 bits per heavy atom. The lowest BCUT2D eigenvalue weighted by molar-refractivity contribution is 0.0955. The molecule has 4 aromatic rings. The minimum atomic E-state index is -0.456. The van der Waals surface area contributed by atoms with Gasteiger partial charge < -0.3 is 5.32 Å². The van der Waals surface area contributed by atoms with Gasteiger partial charge in [0.2, 0.25) is 0 Å². The van der Waals surface area contributed by atoms with Gasteiger partial charge in [-0.1, -0.05) is 42.5 Å². The third-order valence-corrected chi connectivity index (χ3v) is 5.02. The fourth-order valence-corrected chi connectivity index (χ4v) is 3.69. The van der Waals surface area contributed by atoms with E-state index >= 15 is 0 Å². The van der Waals surface area contributed by atoms with Crippen LogP contribution in [-0.4, -0.2) is 15.7 Å². The Kier molecular flexibility index (Phi) is 3.98. The molecule has 1 unspecified atom stereocenters.